The minimum absolute atomic E-state index is 0.00894. The maximum atomic E-state index is 14.2. The highest BCUT2D eigenvalue weighted by Crippen LogP contribution is 2.39. The zero-order valence-electron chi connectivity index (χ0n) is 21.9. The van der Waals surface area contributed by atoms with Crippen molar-refractivity contribution in [3.63, 3.8) is 0 Å². The molecule has 0 spiro atoms. The van der Waals surface area contributed by atoms with Crippen LogP contribution in [0, 0.1) is 13.8 Å². The van der Waals surface area contributed by atoms with Gasteiger partial charge < -0.3 is 14.8 Å². The molecule has 5 rings (SSSR count). The van der Waals surface area contributed by atoms with Crippen LogP contribution in [-0.4, -0.2) is 54.2 Å². The number of aryl methyl sites for hydroxylation is 1. The number of alkyl halides is 2. The molecule has 8 nitrogen and oxygen atoms in total. The SMILES string of the molecule is Cc1nc(N[C@H](C)c2cccc(C(C)(F)F)c2C)c2cc(C3CCS(=O)(=O)CC3)c(OC3COC3)nc2n1. The lowest BCUT2D eigenvalue weighted by Gasteiger charge is -2.29. The predicted octanol–water partition coefficient (Wildman–Crippen LogP) is 5.00. The number of sulfone groups is 1. The lowest BCUT2D eigenvalue weighted by atomic mass is 9.93. The van der Waals surface area contributed by atoms with Gasteiger partial charge in [0.1, 0.15) is 27.6 Å². The Labute approximate surface area is 221 Å². The van der Waals surface area contributed by atoms with E-state index < -0.39 is 15.8 Å². The summed E-state index contributed by atoms with van der Waals surface area (Å²) in [5, 5.41) is 4.06. The summed E-state index contributed by atoms with van der Waals surface area (Å²) in [4.78, 5) is 13.9. The van der Waals surface area contributed by atoms with E-state index in [1.165, 1.54) is 6.07 Å². The third-order valence-electron chi connectivity index (χ3n) is 7.34. The number of rotatable bonds is 7. The maximum Gasteiger partial charge on any atom is 0.270 e. The van der Waals surface area contributed by atoms with Crippen molar-refractivity contribution in [2.45, 2.75) is 64.5 Å². The molecule has 2 aliphatic rings. The van der Waals surface area contributed by atoms with E-state index in [2.05, 4.69) is 15.3 Å². The summed E-state index contributed by atoms with van der Waals surface area (Å²) in [6.45, 7) is 7.21. The van der Waals surface area contributed by atoms with Gasteiger partial charge in [0, 0.05) is 18.1 Å². The van der Waals surface area contributed by atoms with E-state index >= 15 is 0 Å². The smallest absolute Gasteiger partial charge is 0.270 e. The number of hydrogen-bond acceptors (Lipinski definition) is 8. The minimum Gasteiger partial charge on any atom is -0.469 e. The van der Waals surface area contributed by atoms with Gasteiger partial charge in [-0.05, 0) is 56.7 Å². The molecular weight excluding hydrogens is 514 g/mol. The Morgan fingerprint density at radius 2 is 1.84 bits per heavy atom. The van der Waals surface area contributed by atoms with Crippen molar-refractivity contribution in [2.24, 2.45) is 0 Å². The molecule has 0 aliphatic carbocycles. The standard InChI is InChI=1S/C27H32F2N4O4S/c1-15-20(6-5-7-23(15)27(4,28)29)16(2)30-24-22-12-21(18-8-10-38(34,35)11-9-18)26(37-19-13-36-14-19)33-25(22)32-17(3)31-24/h5-7,12,16,18-19H,8-11,13-14H2,1-4H3,(H,30,31,32,33)/t16-/m1/s1. The average molecular weight is 547 g/mol. The van der Waals surface area contributed by atoms with Crippen LogP contribution in [0.15, 0.2) is 24.3 Å². The van der Waals surface area contributed by atoms with Gasteiger partial charge in [-0.25, -0.2) is 27.2 Å². The van der Waals surface area contributed by atoms with Crippen LogP contribution in [0.4, 0.5) is 14.6 Å². The second kappa shape index (κ2) is 10.00. The van der Waals surface area contributed by atoms with Crippen molar-refractivity contribution in [1.82, 2.24) is 15.0 Å². The molecule has 11 heteroatoms. The zero-order chi connectivity index (χ0) is 27.2. The molecule has 38 heavy (non-hydrogen) atoms. The first-order chi connectivity index (χ1) is 17.9. The molecular formula is C27H32F2N4O4S. The van der Waals surface area contributed by atoms with Crippen molar-refractivity contribution in [3.8, 4) is 5.88 Å². The van der Waals surface area contributed by atoms with Gasteiger partial charge in [0.05, 0.1) is 36.1 Å². The van der Waals surface area contributed by atoms with E-state index in [0.717, 1.165) is 18.1 Å². The summed E-state index contributed by atoms with van der Waals surface area (Å²) in [5.74, 6) is -1.28. The van der Waals surface area contributed by atoms with Crippen LogP contribution in [0.5, 0.6) is 5.88 Å². The number of aromatic nitrogens is 3. The quantitative estimate of drug-likeness (QED) is 0.442. The fourth-order valence-electron chi connectivity index (χ4n) is 5.18. The first kappa shape index (κ1) is 26.7. The Hall–Kier alpha value is -2.92. The molecule has 0 saturated carbocycles. The third-order valence-corrected chi connectivity index (χ3v) is 9.06. The van der Waals surface area contributed by atoms with Gasteiger partial charge in [0.25, 0.3) is 5.92 Å². The molecule has 3 aromatic rings. The summed E-state index contributed by atoms with van der Waals surface area (Å²) < 4.78 is 63.9. The molecule has 2 aliphatic heterocycles. The number of nitrogens with zero attached hydrogens (tertiary/aromatic N) is 3. The number of hydrogen-bond donors (Lipinski definition) is 1. The molecule has 1 atom stereocenters. The van der Waals surface area contributed by atoms with E-state index in [4.69, 9.17) is 14.5 Å². The van der Waals surface area contributed by atoms with Crippen molar-refractivity contribution in [2.75, 3.05) is 30.0 Å². The Balaban J connectivity index is 1.55. The van der Waals surface area contributed by atoms with Gasteiger partial charge >= 0.3 is 0 Å². The molecule has 2 saturated heterocycles. The molecule has 0 radical (unpaired) electrons. The molecule has 2 fully saturated rings. The number of anilines is 1. The Bertz CT molecular complexity index is 1460. The Morgan fingerprint density at radius 1 is 1.13 bits per heavy atom. The fourth-order valence-corrected chi connectivity index (χ4v) is 6.67. The second-order valence-electron chi connectivity index (χ2n) is 10.4. The van der Waals surface area contributed by atoms with Gasteiger partial charge in [-0.3, -0.25) is 0 Å². The van der Waals surface area contributed by atoms with Crippen molar-refractivity contribution in [3.05, 3.63) is 52.3 Å². The van der Waals surface area contributed by atoms with E-state index in [1.54, 1.807) is 19.9 Å². The van der Waals surface area contributed by atoms with Crippen molar-refractivity contribution >= 4 is 26.7 Å². The lowest BCUT2D eigenvalue weighted by molar-refractivity contribution is -0.0816. The Kier molecular flexibility index (Phi) is 7.02. The maximum absolute atomic E-state index is 14.2. The van der Waals surface area contributed by atoms with Crippen LogP contribution in [0.1, 0.15) is 66.7 Å². The van der Waals surface area contributed by atoms with Crippen LogP contribution in [0.25, 0.3) is 11.0 Å². The van der Waals surface area contributed by atoms with Gasteiger partial charge in [-0.1, -0.05) is 18.2 Å². The largest absolute Gasteiger partial charge is 0.469 e. The van der Waals surface area contributed by atoms with Gasteiger partial charge in [-0.2, -0.15) is 4.98 Å². The highest BCUT2D eigenvalue weighted by Gasteiger charge is 2.31. The molecule has 204 valence electrons. The molecule has 0 bridgehead atoms. The summed E-state index contributed by atoms with van der Waals surface area (Å²) in [5.41, 5.74) is 2.52. The zero-order valence-corrected chi connectivity index (χ0v) is 22.7. The molecule has 1 aromatic carbocycles. The van der Waals surface area contributed by atoms with Gasteiger partial charge in [0.2, 0.25) is 5.88 Å². The molecule has 1 N–H and O–H groups in total. The normalized spacial score (nSPS) is 19.2. The van der Waals surface area contributed by atoms with Gasteiger partial charge in [0.15, 0.2) is 5.65 Å². The Morgan fingerprint density at radius 3 is 2.47 bits per heavy atom. The van der Waals surface area contributed by atoms with E-state index in [0.29, 0.717) is 60.2 Å². The summed E-state index contributed by atoms with van der Waals surface area (Å²) in [6, 6.07) is 6.53. The van der Waals surface area contributed by atoms with Crippen LogP contribution < -0.4 is 10.1 Å². The van der Waals surface area contributed by atoms with E-state index in [9.17, 15) is 17.2 Å². The highest BCUT2D eigenvalue weighted by atomic mass is 32.2. The lowest BCUT2D eigenvalue weighted by Crippen LogP contribution is -2.39. The van der Waals surface area contributed by atoms with Crippen LogP contribution in [0.3, 0.4) is 0 Å². The molecule has 4 heterocycles. The van der Waals surface area contributed by atoms with Gasteiger partial charge in [-0.15, -0.1) is 0 Å². The minimum atomic E-state index is -3.05. The van der Waals surface area contributed by atoms with Crippen LogP contribution in [-0.2, 0) is 20.5 Å². The number of ether oxygens (including phenoxy) is 2. The summed E-state index contributed by atoms with van der Waals surface area (Å²) in [6.07, 6.45) is 0.852. The summed E-state index contributed by atoms with van der Waals surface area (Å²) in [7, 11) is -3.05. The monoisotopic (exact) mass is 546 g/mol. The molecule has 0 unspecified atom stereocenters. The number of pyridine rings is 1. The second-order valence-corrected chi connectivity index (χ2v) is 12.7. The topological polar surface area (TPSA) is 103 Å². The predicted molar refractivity (Wildman–Crippen MR) is 141 cm³/mol. The first-order valence-corrected chi connectivity index (χ1v) is 14.6. The fraction of sp³-hybridized carbons (Fsp3) is 0.519. The number of fused-ring (bicyclic) bond motifs is 1. The van der Waals surface area contributed by atoms with Crippen molar-refractivity contribution < 1.29 is 26.7 Å². The van der Waals surface area contributed by atoms with Crippen LogP contribution in [0.2, 0.25) is 0 Å². The first-order valence-electron chi connectivity index (χ1n) is 12.8. The van der Waals surface area contributed by atoms with Crippen LogP contribution >= 0.6 is 0 Å². The third kappa shape index (κ3) is 5.44. The summed E-state index contributed by atoms with van der Waals surface area (Å²) >= 11 is 0. The molecule has 0 amide bonds. The van der Waals surface area contributed by atoms with E-state index in [-0.39, 0.29) is 35.1 Å². The van der Waals surface area contributed by atoms with Crippen molar-refractivity contribution in [1.29, 1.82) is 0 Å². The molecule has 2 aromatic heterocycles. The number of halogens is 2. The number of benzene rings is 1. The number of nitrogens with one attached hydrogen (secondary N) is 1. The highest BCUT2D eigenvalue weighted by molar-refractivity contribution is 7.91. The average Bonchev–Trinajstić information content (AvgIpc) is 2.80. The van der Waals surface area contributed by atoms with E-state index in [1.807, 2.05) is 19.1 Å².